The van der Waals surface area contributed by atoms with Crippen LogP contribution in [0.4, 0.5) is 0 Å². The summed E-state index contributed by atoms with van der Waals surface area (Å²) in [5.74, 6) is 0.953. The third kappa shape index (κ3) is 1.81. The van der Waals surface area contributed by atoms with Gasteiger partial charge in [-0.3, -0.25) is 0 Å². The molecule has 21 heavy (non-hydrogen) atoms. The molecule has 0 unspecified atom stereocenters. The fourth-order valence-corrected chi connectivity index (χ4v) is 5.14. The first-order valence-corrected chi connectivity index (χ1v) is 8.23. The molecule has 0 aromatic rings. The van der Waals surface area contributed by atoms with Crippen molar-refractivity contribution in [1.29, 1.82) is 0 Å². The fourth-order valence-electron chi connectivity index (χ4n) is 5.14. The van der Waals surface area contributed by atoms with Crippen LogP contribution in [0, 0.1) is 23.7 Å². The van der Waals surface area contributed by atoms with E-state index >= 15 is 0 Å². The van der Waals surface area contributed by atoms with Gasteiger partial charge in [-0.05, 0) is 38.0 Å². The average molecular weight is 298 g/mol. The van der Waals surface area contributed by atoms with Gasteiger partial charge in [0.25, 0.3) is 0 Å². The lowest BCUT2D eigenvalue weighted by atomic mass is 9.58. The maximum atomic E-state index is 6.21. The molecule has 0 radical (unpaired) electrons. The molecule has 120 valence electrons. The van der Waals surface area contributed by atoms with Crippen molar-refractivity contribution in [2.75, 3.05) is 7.11 Å². The van der Waals surface area contributed by atoms with E-state index in [9.17, 15) is 0 Å². The van der Waals surface area contributed by atoms with Crippen molar-refractivity contribution in [1.82, 2.24) is 0 Å². The van der Waals surface area contributed by atoms with Gasteiger partial charge in [-0.25, -0.2) is 9.78 Å². The lowest BCUT2D eigenvalue weighted by molar-refractivity contribution is -0.577. The van der Waals surface area contributed by atoms with E-state index in [2.05, 4.69) is 13.8 Å². The average Bonchev–Trinajstić information content (AvgIpc) is 2.69. The predicted molar refractivity (Wildman–Crippen MR) is 73.8 cm³/mol. The van der Waals surface area contributed by atoms with E-state index in [1.54, 1.807) is 7.11 Å². The van der Waals surface area contributed by atoms with Crippen molar-refractivity contribution >= 4 is 0 Å². The van der Waals surface area contributed by atoms with Crippen LogP contribution >= 0.6 is 0 Å². The van der Waals surface area contributed by atoms with Crippen LogP contribution in [0.1, 0.15) is 46.5 Å². The maximum absolute atomic E-state index is 6.21. The SMILES string of the molecule is CO[C@H]1O[C@H]2O[C@]3(C)CC[C@@H]4[C@@H](C)CC[C@H]([C@H]1C)[C@]24OO3. The third-order valence-corrected chi connectivity index (χ3v) is 6.33. The van der Waals surface area contributed by atoms with E-state index in [4.69, 9.17) is 24.0 Å². The molecule has 5 heteroatoms. The molecule has 5 nitrogen and oxygen atoms in total. The van der Waals surface area contributed by atoms with E-state index in [1.807, 2.05) is 6.92 Å². The van der Waals surface area contributed by atoms with Crippen LogP contribution in [0.5, 0.6) is 0 Å². The molecule has 0 aromatic heterocycles. The number of hydrogen-bond acceptors (Lipinski definition) is 5. The second kappa shape index (κ2) is 4.65. The van der Waals surface area contributed by atoms with Crippen LogP contribution in [-0.4, -0.2) is 31.1 Å². The summed E-state index contributed by atoms with van der Waals surface area (Å²) in [4.78, 5) is 11.8. The summed E-state index contributed by atoms with van der Waals surface area (Å²) >= 11 is 0. The quantitative estimate of drug-likeness (QED) is 0.697. The maximum Gasteiger partial charge on any atom is 0.201 e. The van der Waals surface area contributed by atoms with Crippen molar-refractivity contribution in [2.45, 2.75) is 70.4 Å². The summed E-state index contributed by atoms with van der Waals surface area (Å²) < 4.78 is 17.9. The molecule has 1 saturated carbocycles. The molecular weight excluding hydrogens is 272 g/mol. The molecule has 4 saturated heterocycles. The van der Waals surface area contributed by atoms with E-state index in [0.29, 0.717) is 17.8 Å². The van der Waals surface area contributed by atoms with E-state index in [0.717, 1.165) is 19.3 Å². The van der Waals surface area contributed by atoms with Crippen molar-refractivity contribution in [3.05, 3.63) is 0 Å². The Hall–Kier alpha value is -0.200. The number of ether oxygens (including phenoxy) is 3. The van der Waals surface area contributed by atoms with Gasteiger partial charge in [0.2, 0.25) is 5.79 Å². The molecule has 8 atom stereocenters. The van der Waals surface area contributed by atoms with Crippen LogP contribution in [-0.2, 0) is 24.0 Å². The molecule has 0 amide bonds. The first-order chi connectivity index (χ1) is 10.00. The normalized spacial score (nSPS) is 59.4. The first-order valence-electron chi connectivity index (χ1n) is 8.23. The Bertz CT molecular complexity index is 429. The van der Waals surface area contributed by atoms with Crippen molar-refractivity contribution in [3.63, 3.8) is 0 Å². The van der Waals surface area contributed by atoms with Gasteiger partial charge in [0.15, 0.2) is 18.2 Å². The van der Waals surface area contributed by atoms with Gasteiger partial charge in [0, 0.05) is 25.4 Å². The summed E-state index contributed by atoms with van der Waals surface area (Å²) in [7, 11) is 1.70. The minimum Gasteiger partial charge on any atom is -0.355 e. The van der Waals surface area contributed by atoms with Crippen LogP contribution in [0.15, 0.2) is 0 Å². The molecule has 2 bridgehead atoms. The van der Waals surface area contributed by atoms with Crippen LogP contribution in [0.3, 0.4) is 0 Å². The topological polar surface area (TPSA) is 46.2 Å². The minimum absolute atomic E-state index is 0.230. The first kappa shape index (κ1) is 14.4. The van der Waals surface area contributed by atoms with Gasteiger partial charge in [-0.15, -0.1) is 0 Å². The Morgan fingerprint density at radius 3 is 2.62 bits per heavy atom. The molecule has 1 spiro atoms. The number of fused-ring (bicyclic) bond motifs is 2. The highest BCUT2D eigenvalue weighted by molar-refractivity contribution is 5.08. The standard InChI is InChI=1S/C16H26O5/c1-9-5-6-12-10(2)13(17-4)18-14-16(12)11(9)7-8-15(3,19-14)20-21-16/h9-14H,5-8H2,1-4H3/t9-,10+,11+,12+,13-,14-,15-,16-/m0/s1. The summed E-state index contributed by atoms with van der Waals surface area (Å²) in [5, 5.41) is 0. The van der Waals surface area contributed by atoms with Gasteiger partial charge in [0.1, 0.15) is 0 Å². The molecule has 4 aliphatic heterocycles. The summed E-state index contributed by atoms with van der Waals surface area (Å²) in [6.07, 6.45) is 3.64. The molecule has 0 aromatic carbocycles. The zero-order valence-corrected chi connectivity index (χ0v) is 13.3. The fraction of sp³-hybridized carbons (Fsp3) is 1.00. The summed E-state index contributed by atoms with van der Waals surface area (Å²) in [6, 6.07) is 0. The van der Waals surface area contributed by atoms with Gasteiger partial charge < -0.3 is 14.2 Å². The van der Waals surface area contributed by atoms with Crippen molar-refractivity contribution < 1.29 is 24.0 Å². The lowest BCUT2D eigenvalue weighted by Gasteiger charge is -2.60. The van der Waals surface area contributed by atoms with E-state index < -0.39 is 17.7 Å². The van der Waals surface area contributed by atoms with Gasteiger partial charge in [-0.2, -0.15) is 0 Å². The predicted octanol–water partition coefficient (Wildman–Crippen LogP) is 2.84. The minimum atomic E-state index is -0.698. The van der Waals surface area contributed by atoms with Crippen LogP contribution in [0.2, 0.25) is 0 Å². The summed E-state index contributed by atoms with van der Waals surface area (Å²) in [5.41, 5.74) is -0.470. The smallest absolute Gasteiger partial charge is 0.201 e. The Morgan fingerprint density at radius 1 is 1.05 bits per heavy atom. The molecule has 4 heterocycles. The molecule has 5 fully saturated rings. The Labute approximate surface area is 126 Å². The second-order valence-electron chi connectivity index (χ2n) is 7.51. The van der Waals surface area contributed by atoms with Crippen molar-refractivity contribution in [3.8, 4) is 0 Å². The highest BCUT2D eigenvalue weighted by atomic mass is 17.3. The van der Waals surface area contributed by atoms with Gasteiger partial charge in [0.05, 0.1) is 0 Å². The highest BCUT2D eigenvalue weighted by Gasteiger charge is 2.69. The highest BCUT2D eigenvalue weighted by Crippen LogP contribution is 2.60. The van der Waals surface area contributed by atoms with Gasteiger partial charge in [-0.1, -0.05) is 13.8 Å². The Morgan fingerprint density at radius 2 is 1.86 bits per heavy atom. The van der Waals surface area contributed by atoms with Crippen molar-refractivity contribution in [2.24, 2.45) is 23.7 Å². The number of methoxy groups -OCH3 is 1. The Balaban J connectivity index is 1.79. The van der Waals surface area contributed by atoms with E-state index in [1.165, 1.54) is 6.42 Å². The molecule has 0 N–H and O–H groups in total. The molecule has 1 aliphatic carbocycles. The van der Waals surface area contributed by atoms with E-state index in [-0.39, 0.29) is 12.2 Å². The monoisotopic (exact) mass is 298 g/mol. The Kier molecular flexibility index (Phi) is 3.19. The lowest BCUT2D eigenvalue weighted by Crippen LogP contribution is -2.70. The number of rotatable bonds is 1. The second-order valence-corrected chi connectivity index (χ2v) is 7.51. The number of hydrogen-bond donors (Lipinski definition) is 0. The zero-order chi connectivity index (χ0) is 14.8. The van der Waals surface area contributed by atoms with Crippen LogP contribution in [0.25, 0.3) is 0 Å². The molecular formula is C16H26O5. The summed E-state index contributed by atoms with van der Waals surface area (Å²) in [6.45, 7) is 6.46. The van der Waals surface area contributed by atoms with Gasteiger partial charge >= 0.3 is 0 Å². The molecule has 5 rings (SSSR count). The largest absolute Gasteiger partial charge is 0.355 e. The van der Waals surface area contributed by atoms with Crippen LogP contribution < -0.4 is 0 Å². The molecule has 5 aliphatic rings. The third-order valence-electron chi connectivity index (χ3n) is 6.33. The zero-order valence-electron chi connectivity index (χ0n) is 13.3.